The van der Waals surface area contributed by atoms with E-state index < -0.39 is 4.92 Å². The minimum absolute atomic E-state index is 0.0113. The molecule has 0 bridgehead atoms. The maximum Gasteiger partial charge on any atom is 0.269 e. The Morgan fingerprint density at radius 2 is 2.08 bits per heavy atom. The van der Waals surface area contributed by atoms with Crippen LogP contribution in [0.4, 0.5) is 5.69 Å². The number of benzene rings is 1. The molecule has 0 atom stereocenters. The van der Waals surface area contributed by atoms with Crippen LogP contribution in [0, 0.1) is 10.1 Å². The van der Waals surface area contributed by atoms with Crippen LogP contribution in [0.15, 0.2) is 32.9 Å². The molecule has 0 spiro atoms. The third kappa shape index (κ3) is 6.10. The molecule has 10 heteroatoms. The SMILES string of the molecule is CCCNC(=O)CSc1nnc(SCc2cccc([N+](=O)[O-])c2)s1. The number of amides is 1. The zero-order valence-corrected chi connectivity index (χ0v) is 15.4. The van der Waals surface area contributed by atoms with Gasteiger partial charge in [0, 0.05) is 24.4 Å². The second kappa shape index (κ2) is 9.60. The van der Waals surface area contributed by atoms with Crippen molar-refractivity contribution in [1.82, 2.24) is 15.5 Å². The molecular weight excluding hydrogens is 368 g/mol. The number of hydrogen-bond acceptors (Lipinski definition) is 8. The summed E-state index contributed by atoms with van der Waals surface area (Å²) >= 11 is 4.25. The summed E-state index contributed by atoms with van der Waals surface area (Å²) in [6.45, 7) is 2.68. The lowest BCUT2D eigenvalue weighted by molar-refractivity contribution is -0.384. The summed E-state index contributed by atoms with van der Waals surface area (Å²) in [5.41, 5.74) is 0.942. The van der Waals surface area contributed by atoms with Gasteiger partial charge in [-0.05, 0) is 12.0 Å². The van der Waals surface area contributed by atoms with Gasteiger partial charge in [-0.3, -0.25) is 14.9 Å². The van der Waals surface area contributed by atoms with Crippen LogP contribution in [0.3, 0.4) is 0 Å². The third-order valence-corrected chi connectivity index (χ3v) is 6.03. The normalized spacial score (nSPS) is 10.5. The van der Waals surface area contributed by atoms with Crippen molar-refractivity contribution >= 4 is 46.5 Å². The average molecular weight is 385 g/mol. The van der Waals surface area contributed by atoms with E-state index in [1.54, 1.807) is 12.1 Å². The van der Waals surface area contributed by atoms with Crippen LogP contribution in [0.1, 0.15) is 18.9 Å². The van der Waals surface area contributed by atoms with Crippen LogP contribution >= 0.6 is 34.9 Å². The predicted molar refractivity (Wildman–Crippen MR) is 96.6 cm³/mol. The fourth-order valence-electron chi connectivity index (χ4n) is 1.66. The first-order valence-electron chi connectivity index (χ1n) is 7.17. The van der Waals surface area contributed by atoms with Gasteiger partial charge in [-0.25, -0.2) is 0 Å². The van der Waals surface area contributed by atoms with Crippen molar-refractivity contribution in [2.24, 2.45) is 0 Å². The molecule has 1 aromatic heterocycles. The number of thioether (sulfide) groups is 2. The Kier molecular flexibility index (Phi) is 7.47. The number of nitro groups is 1. The molecule has 24 heavy (non-hydrogen) atoms. The highest BCUT2D eigenvalue weighted by atomic mass is 32.2. The van der Waals surface area contributed by atoms with Gasteiger partial charge in [0.15, 0.2) is 8.68 Å². The van der Waals surface area contributed by atoms with Crippen molar-refractivity contribution in [3.8, 4) is 0 Å². The van der Waals surface area contributed by atoms with E-state index in [-0.39, 0.29) is 11.6 Å². The number of non-ortho nitro benzene ring substituents is 1. The van der Waals surface area contributed by atoms with Gasteiger partial charge < -0.3 is 5.32 Å². The minimum Gasteiger partial charge on any atom is -0.355 e. The van der Waals surface area contributed by atoms with E-state index in [1.165, 1.54) is 40.9 Å². The predicted octanol–water partition coefficient (Wildman–Crippen LogP) is 3.36. The summed E-state index contributed by atoms with van der Waals surface area (Å²) in [4.78, 5) is 21.9. The van der Waals surface area contributed by atoms with Crippen molar-refractivity contribution < 1.29 is 9.72 Å². The summed E-state index contributed by atoms with van der Waals surface area (Å²) in [6.07, 6.45) is 0.910. The fourth-order valence-corrected chi connectivity index (χ4v) is 4.45. The Bertz CT molecular complexity index is 708. The van der Waals surface area contributed by atoms with Crippen LogP contribution in [-0.4, -0.2) is 33.3 Å². The highest BCUT2D eigenvalue weighted by molar-refractivity contribution is 8.03. The molecule has 1 amide bonds. The van der Waals surface area contributed by atoms with Gasteiger partial charge in [0.05, 0.1) is 10.7 Å². The first-order chi connectivity index (χ1) is 11.6. The quantitative estimate of drug-likeness (QED) is 0.402. The van der Waals surface area contributed by atoms with Crippen molar-refractivity contribution in [3.05, 3.63) is 39.9 Å². The Morgan fingerprint density at radius 3 is 2.79 bits per heavy atom. The van der Waals surface area contributed by atoms with Gasteiger partial charge >= 0.3 is 0 Å². The molecule has 2 aromatic rings. The monoisotopic (exact) mass is 384 g/mol. The standard InChI is InChI=1S/C14H16N4O3S3/c1-2-6-15-12(19)9-23-14-17-16-13(24-14)22-8-10-4-3-5-11(7-10)18(20)21/h3-5,7H,2,6,8-9H2,1H3,(H,15,19). The number of nitrogens with zero attached hydrogens (tertiary/aromatic N) is 3. The number of rotatable bonds is 9. The minimum atomic E-state index is -0.405. The first kappa shape index (κ1) is 18.7. The van der Waals surface area contributed by atoms with Gasteiger partial charge in [-0.15, -0.1) is 10.2 Å². The number of carbonyl (C=O) groups excluding carboxylic acids is 1. The molecule has 0 radical (unpaired) electrons. The van der Waals surface area contributed by atoms with Gasteiger partial charge in [-0.2, -0.15) is 0 Å². The Morgan fingerprint density at radius 1 is 1.33 bits per heavy atom. The lowest BCUT2D eigenvalue weighted by Gasteiger charge is -2.00. The molecule has 7 nitrogen and oxygen atoms in total. The molecule has 1 aromatic carbocycles. The molecule has 0 saturated carbocycles. The van der Waals surface area contributed by atoms with Gasteiger partial charge in [-0.1, -0.05) is 53.9 Å². The van der Waals surface area contributed by atoms with E-state index >= 15 is 0 Å². The summed E-state index contributed by atoms with van der Waals surface area (Å²) in [6, 6.07) is 6.54. The van der Waals surface area contributed by atoms with E-state index in [2.05, 4.69) is 15.5 Å². The fraction of sp³-hybridized carbons (Fsp3) is 0.357. The largest absolute Gasteiger partial charge is 0.355 e. The van der Waals surface area contributed by atoms with Gasteiger partial charge in [0.2, 0.25) is 5.91 Å². The summed E-state index contributed by atoms with van der Waals surface area (Å²) in [7, 11) is 0. The average Bonchev–Trinajstić information content (AvgIpc) is 3.04. The van der Waals surface area contributed by atoms with Crippen LogP contribution < -0.4 is 5.32 Å². The van der Waals surface area contributed by atoms with E-state index in [1.807, 2.05) is 13.0 Å². The van der Waals surface area contributed by atoms with Crippen LogP contribution in [0.2, 0.25) is 0 Å². The zero-order chi connectivity index (χ0) is 17.4. The van der Waals surface area contributed by atoms with Crippen molar-refractivity contribution in [1.29, 1.82) is 0 Å². The maximum atomic E-state index is 11.5. The molecule has 128 valence electrons. The maximum absolute atomic E-state index is 11.5. The number of nitrogens with one attached hydrogen (secondary N) is 1. The van der Waals surface area contributed by atoms with Crippen LogP contribution in [0.25, 0.3) is 0 Å². The van der Waals surface area contributed by atoms with Crippen molar-refractivity contribution in [3.63, 3.8) is 0 Å². The Labute approximate surface area is 151 Å². The number of carbonyl (C=O) groups is 1. The highest BCUT2D eigenvalue weighted by Crippen LogP contribution is 2.31. The van der Waals surface area contributed by atoms with E-state index in [4.69, 9.17) is 0 Å². The molecule has 2 rings (SSSR count). The Hall–Kier alpha value is -1.65. The molecule has 0 aliphatic heterocycles. The molecule has 1 N–H and O–H groups in total. The molecule has 0 aliphatic carbocycles. The van der Waals surface area contributed by atoms with Crippen molar-refractivity contribution in [2.45, 2.75) is 27.8 Å². The second-order valence-corrected chi connectivity index (χ2v) is 8.11. The summed E-state index contributed by atoms with van der Waals surface area (Å²) < 4.78 is 1.51. The molecule has 0 fully saturated rings. The summed E-state index contributed by atoms with van der Waals surface area (Å²) in [5, 5.41) is 21.7. The molecule has 0 aliphatic rings. The second-order valence-electron chi connectivity index (χ2n) is 4.69. The number of nitro benzene ring substituents is 1. The van der Waals surface area contributed by atoms with Gasteiger partial charge in [0.1, 0.15) is 0 Å². The van der Waals surface area contributed by atoms with E-state index in [0.29, 0.717) is 18.1 Å². The molecule has 0 saturated heterocycles. The van der Waals surface area contributed by atoms with E-state index in [0.717, 1.165) is 20.7 Å². The first-order valence-corrected chi connectivity index (χ1v) is 9.96. The number of hydrogen-bond donors (Lipinski definition) is 1. The molecule has 1 heterocycles. The lowest BCUT2D eigenvalue weighted by atomic mass is 10.2. The highest BCUT2D eigenvalue weighted by Gasteiger charge is 2.10. The number of aromatic nitrogens is 2. The topological polar surface area (TPSA) is 98.0 Å². The van der Waals surface area contributed by atoms with E-state index in [9.17, 15) is 14.9 Å². The molecule has 0 unspecified atom stereocenters. The molecular formula is C14H16N4O3S3. The van der Waals surface area contributed by atoms with Crippen LogP contribution in [-0.2, 0) is 10.5 Å². The smallest absolute Gasteiger partial charge is 0.269 e. The third-order valence-electron chi connectivity index (χ3n) is 2.77. The van der Waals surface area contributed by atoms with Crippen LogP contribution in [0.5, 0.6) is 0 Å². The van der Waals surface area contributed by atoms with Gasteiger partial charge in [0.25, 0.3) is 5.69 Å². The summed E-state index contributed by atoms with van der Waals surface area (Å²) in [5.74, 6) is 0.894. The van der Waals surface area contributed by atoms with Crippen molar-refractivity contribution in [2.75, 3.05) is 12.3 Å². The lowest BCUT2D eigenvalue weighted by Crippen LogP contribution is -2.25. The zero-order valence-electron chi connectivity index (χ0n) is 12.9. The Balaban J connectivity index is 1.82.